The van der Waals surface area contributed by atoms with Gasteiger partial charge in [0.15, 0.2) is 0 Å². The van der Waals surface area contributed by atoms with E-state index in [-0.39, 0.29) is 11.7 Å². The number of rotatable bonds is 4. The first kappa shape index (κ1) is 11.9. The Morgan fingerprint density at radius 3 is 2.87 bits per heavy atom. The lowest BCUT2D eigenvalue weighted by molar-refractivity contribution is -0.384. The van der Waals surface area contributed by atoms with Gasteiger partial charge in [-0.2, -0.15) is 0 Å². The standard InChI is InChI=1S/C9H12BrN3O2/c1-6(11)5-12-8-3-2-7(10)4-9(8)13(14)15/h2-4,6,12H,5,11H2,1H3. The Bertz CT molecular complexity index is 368. The van der Waals surface area contributed by atoms with Crippen molar-refractivity contribution < 1.29 is 4.92 Å². The zero-order valence-corrected chi connectivity index (χ0v) is 9.82. The average molecular weight is 274 g/mol. The van der Waals surface area contributed by atoms with E-state index in [0.717, 1.165) is 0 Å². The van der Waals surface area contributed by atoms with Gasteiger partial charge in [0, 0.05) is 23.1 Å². The Hall–Kier alpha value is -1.14. The van der Waals surface area contributed by atoms with Gasteiger partial charge >= 0.3 is 0 Å². The molecule has 6 heteroatoms. The number of nitrogens with two attached hydrogens (primary N) is 1. The number of benzene rings is 1. The van der Waals surface area contributed by atoms with Crippen molar-refractivity contribution >= 4 is 27.3 Å². The molecule has 3 N–H and O–H groups in total. The minimum absolute atomic E-state index is 0.0463. The molecular formula is C9H12BrN3O2. The molecule has 0 fully saturated rings. The van der Waals surface area contributed by atoms with E-state index >= 15 is 0 Å². The maximum absolute atomic E-state index is 10.7. The van der Waals surface area contributed by atoms with Crippen molar-refractivity contribution in [2.45, 2.75) is 13.0 Å². The molecule has 1 aromatic carbocycles. The lowest BCUT2D eigenvalue weighted by Crippen LogP contribution is -2.25. The molecule has 0 aliphatic rings. The van der Waals surface area contributed by atoms with E-state index in [4.69, 9.17) is 5.73 Å². The molecule has 0 aliphatic carbocycles. The van der Waals surface area contributed by atoms with Crippen LogP contribution in [0.1, 0.15) is 6.92 Å². The smallest absolute Gasteiger partial charge is 0.293 e. The van der Waals surface area contributed by atoms with Crippen molar-refractivity contribution in [3.05, 3.63) is 32.8 Å². The SMILES string of the molecule is CC(N)CNc1ccc(Br)cc1[N+](=O)[O-]. The van der Waals surface area contributed by atoms with Gasteiger partial charge in [-0.15, -0.1) is 0 Å². The first-order chi connectivity index (χ1) is 7.00. The van der Waals surface area contributed by atoms with Gasteiger partial charge in [0.25, 0.3) is 5.69 Å². The molecule has 0 heterocycles. The molecule has 0 saturated heterocycles. The molecule has 15 heavy (non-hydrogen) atoms. The van der Waals surface area contributed by atoms with Gasteiger partial charge in [0.1, 0.15) is 5.69 Å². The largest absolute Gasteiger partial charge is 0.378 e. The van der Waals surface area contributed by atoms with E-state index < -0.39 is 4.92 Å². The molecule has 1 atom stereocenters. The van der Waals surface area contributed by atoms with Crippen molar-refractivity contribution in [2.24, 2.45) is 5.73 Å². The third kappa shape index (κ3) is 3.49. The Labute approximate surface area is 95.9 Å². The number of hydrogen-bond donors (Lipinski definition) is 2. The van der Waals surface area contributed by atoms with Crippen LogP contribution in [0.4, 0.5) is 11.4 Å². The van der Waals surface area contributed by atoms with Crippen LogP contribution in [0.25, 0.3) is 0 Å². The predicted molar refractivity (Wildman–Crippen MR) is 62.9 cm³/mol. The van der Waals surface area contributed by atoms with Gasteiger partial charge in [-0.05, 0) is 19.1 Å². The molecule has 1 unspecified atom stereocenters. The third-order valence-electron chi connectivity index (χ3n) is 1.77. The Morgan fingerprint density at radius 1 is 1.67 bits per heavy atom. The molecule has 0 aromatic heterocycles. The monoisotopic (exact) mass is 273 g/mol. The average Bonchev–Trinajstić information content (AvgIpc) is 2.15. The lowest BCUT2D eigenvalue weighted by Gasteiger charge is -2.09. The second-order valence-corrected chi connectivity index (χ2v) is 4.19. The van der Waals surface area contributed by atoms with Crippen LogP contribution in [0.5, 0.6) is 0 Å². The van der Waals surface area contributed by atoms with Crippen LogP contribution in [0.15, 0.2) is 22.7 Å². The van der Waals surface area contributed by atoms with E-state index in [1.165, 1.54) is 6.07 Å². The second-order valence-electron chi connectivity index (χ2n) is 3.28. The highest BCUT2D eigenvalue weighted by Crippen LogP contribution is 2.27. The second kappa shape index (κ2) is 5.09. The van der Waals surface area contributed by atoms with Crippen LogP contribution in [0, 0.1) is 10.1 Å². The summed E-state index contributed by atoms with van der Waals surface area (Å²) in [7, 11) is 0. The fourth-order valence-electron chi connectivity index (χ4n) is 1.08. The zero-order chi connectivity index (χ0) is 11.4. The highest BCUT2D eigenvalue weighted by atomic mass is 79.9. The Kier molecular flexibility index (Phi) is 4.05. The molecular weight excluding hydrogens is 262 g/mol. The zero-order valence-electron chi connectivity index (χ0n) is 8.24. The van der Waals surface area contributed by atoms with Gasteiger partial charge in [-0.1, -0.05) is 15.9 Å². The maximum atomic E-state index is 10.7. The number of halogens is 1. The predicted octanol–water partition coefficient (Wildman–Crippen LogP) is 2.12. The summed E-state index contributed by atoms with van der Waals surface area (Å²) in [5.74, 6) is 0. The number of nitro benzene ring substituents is 1. The quantitative estimate of drug-likeness (QED) is 0.650. The van der Waals surface area contributed by atoms with Gasteiger partial charge in [0.2, 0.25) is 0 Å². The summed E-state index contributed by atoms with van der Waals surface area (Å²) in [5, 5.41) is 13.7. The highest BCUT2D eigenvalue weighted by molar-refractivity contribution is 9.10. The Morgan fingerprint density at radius 2 is 2.33 bits per heavy atom. The Balaban J connectivity index is 2.91. The van der Waals surface area contributed by atoms with Crippen LogP contribution in [-0.2, 0) is 0 Å². The third-order valence-corrected chi connectivity index (χ3v) is 2.26. The van der Waals surface area contributed by atoms with E-state index in [9.17, 15) is 10.1 Å². The molecule has 0 amide bonds. The van der Waals surface area contributed by atoms with Gasteiger partial charge < -0.3 is 11.1 Å². The molecule has 82 valence electrons. The number of nitrogens with zero attached hydrogens (tertiary/aromatic N) is 1. The molecule has 0 radical (unpaired) electrons. The summed E-state index contributed by atoms with van der Waals surface area (Å²) in [4.78, 5) is 10.3. The van der Waals surface area contributed by atoms with Gasteiger partial charge in [0.05, 0.1) is 4.92 Å². The number of nitro groups is 1. The summed E-state index contributed by atoms with van der Waals surface area (Å²) in [6.07, 6.45) is 0. The molecule has 0 aliphatic heterocycles. The highest BCUT2D eigenvalue weighted by Gasteiger charge is 2.13. The molecule has 0 spiro atoms. The topological polar surface area (TPSA) is 81.2 Å². The number of anilines is 1. The van der Waals surface area contributed by atoms with Crippen molar-refractivity contribution in [3.63, 3.8) is 0 Å². The minimum atomic E-state index is -0.422. The van der Waals surface area contributed by atoms with Gasteiger partial charge in [-0.3, -0.25) is 10.1 Å². The van der Waals surface area contributed by atoms with Crippen LogP contribution in [0.3, 0.4) is 0 Å². The van der Waals surface area contributed by atoms with Crippen molar-refractivity contribution in [3.8, 4) is 0 Å². The summed E-state index contributed by atoms with van der Waals surface area (Å²) < 4.78 is 0.681. The molecule has 1 rings (SSSR count). The summed E-state index contributed by atoms with van der Waals surface area (Å²) in [6.45, 7) is 2.33. The van der Waals surface area contributed by atoms with E-state index in [1.807, 2.05) is 6.92 Å². The summed E-state index contributed by atoms with van der Waals surface area (Å²) >= 11 is 3.19. The van der Waals surface area contributed by atoms with Crippen molar-refractivity contribution in [2.75, 3.05) is 11.9 Å². The van der Waals surface area contributed by atoms with E-state index in [2.05, 4.69) is 21.2 Å². The fraction of sp³-hybridized carbons (Fsp3) is 0.333. The number of hydrogen-bond acceptors (Lipinski definition) is 4. The normalized spacial score (nSPS) is 12.2. The summed E-state index contributed by atoms with van der Waals surface area (Å²) in [6, 6.07) is 4.82. The van der Waals surface area contributed by atoms with E-state index in [1.54, 1.807) is 12.1 Å². The van der Waals surface area contributed by atoms with Crippen LogP contribution < -0.4 is 11.1 Å². The van der Waals surface area contributed by atoms with Crippen molar-refractivity contribution in [1.82, 2.24) is 0 Å². The van der Waals surface area contributed by atoms with Crippen LogP contribution >= 0.6 is 15.9 Å². The first-order valence-electron chi connectivity index (χ1n) is 4.44. The molecule has 0 saturated carbocycles. The molecule has 5 nitrogen and oxygen atoms in total. The van der Waals surface area contributed by atoms with Crippen molar-refractivity contribution in [1.29, 1.82) is 0 Å². The maximum Gasteiger partial charge on any atom is 0.293 e. The first-order valence-corrected chi connectivity index (χ1v) is 5.23. The van der Waals surface area contributed by atoms with Crippen LogP contribution in [0.2, 0.25) is 0 Å². The number of nitrogens with one attached hydrogen (secondary N) is 1. The minimum Gasteiger partial charge on any atom is -0.378 e. The van der Waals surface area contributed by atoms with Crippen LogP contribution in [-0.4, -0.2) is 17.5 Å². The molecule has 0 bridgehead atoms. The molecule has 1 aromatic rings. The summed E-state index contributed by atoms with van der Waals surface area (Å²) in [5.41, 5.74) is 6.09. The van der Waals surface area contributed by atoms with Gasteiger partial charge in [-0.25, -0.2) is 0 Å². The fourth-order valence-corrected chi connectivity index (χ4v) is 1.43. The van der Waals surface area contributed by atoms with E-state index in [0.29, 0.717) is 16.7 Å². The lowest BCUT2D eigenvalue weighted by atomic mass is 10.2.